The van der Waals surface area contributed by atoms with Crippen LogP contribution in [0, 0.1) is 0 Å². The average molecular weight is 490 g/mol. The number of benzene rings is 2. The van der Waals surface area contributed by atoms with Crippen molar-refractivity contribution in [2.24, 2.45) is 0 Å². The van der Waals surface area contributed by atoms with Gasteiger partial charge in [-0.05, 0) is 50.1 Å². The van der Waals surface area contributed by atoms with Crippen LogP contribution in [0.3, 0.4) is 0 Å². The Balaban J connectivity index is 2.30. The third-order valence-corrected chi connectivity index (χ3v) is 6.45. The third-order valence-electron chi connectivity index (χ3n) is 5.31. The van der Waals surface area contributed by atoms with Crippen LogP contribution in [-0.2, 0) is 26.2 Å². The van der Waals surface area contributed by atoms with Gasteiger partial charge in [-0.2, -0.15) is 0 Å². The Hall–Kier alpha value is -3.07. The second-order valence-corrected chi connectivity index (χ2v) is 9.93. The van der Waals surface area contributed by atoms with Gasteiger partial charge in [-0.3, -0.25) is 13.9 Å². The van der Waals surface area contributed by atoms with Crippen LogP contribution in [-0.4, -0.2) is 57.1 Å². The number of carbonyl (C=O) groups excluding carboxylic acids is 2. The number of nitrogens with one attached hydrogen (secondary N) is 1. The van der Waals surface area contributed by atoms with Crippen LogP contribution in [0.25, 0.3) is 0 Å². The first-order chi connectivity index (χ1) is 16.2. The Morgan fingerprint density at radius 1 is 1.03 bits per heavy atom. The second kappa shape index (κ2) is 13.0. The molecule has 8 nitrogen and oxygen atoms in total. The lowest BCUT2D eigenvalue weighted by Crippen LogP contribution is -2.51. The normalized spacial score (nSPS) is 12.0. The van der Waals surface area contributed by atoms with Crippen LogP contribution < -0.4 is 14.4 Å². The highest BCUT2D eigenvalue weighted by Gasteiger charge is 2.30. The van der Waals surface area contributed by atoms with E-state index in [4.69, 9.17) is 4.74 Å². The summed E-state index contributed by atoms with van der Waals surface area (Å²) < 4.78 is 31.6. The predicted molar refractivity (Wildman–Crippen MR) is 134 cm³/mol. The van der Waals surface area contributed by atoms with E-state index < -0.39 is 28.5 Å². The minimum atomic E-state index is -3.76. The van der Waals surface area contributed by atoms with Crippen LogP contribution in [0.5, 0.6) is 5.75 Å². The number of sulfonamides is 1. The highest BCUT2D eigenvalue weighted by molar-refractivity contribution is 7.92. The zero-order valence-corrected chi connectivity index (χ0v) is 21.2. The highest BCUT2D eigenvalue weighted by Crippen LogP contribution is 2.22. The van der Waals surface area contributed by atoms with Gasteiger partial charge in [0.1, 0.15) is 18.3 Å². The number of unbranched alkanes of at least 4 members (excludes halogenated alkanes) is 1. The number of amides is 2. The van der Waals surface area contributed by atoms with Gasteiger partial charge in [0.25, 0.3) is 0 Å². The Labute approximate surface area is 202 Å². The summed E-state index contributed by atoms with van der Waals surface area (Å²) in [6.45, 7) is 6.31. The second-order valence-electron chi connectivity index (χ2n) is 8.02. The molecule has 0 saturated carbocycles. The van der Waals surface area contributed by atoms with Gasteiger partial charge in [0, 0.05) is 13.1 Å². The zero-order valence-electron chi connectivity index (χ0n) is 20.4. The molecule has 0 unspecified atom stereocenters. The number of ether oxygens (including phenoxy) is 1. The molecule has 1 N–H and O–H groups in total. The largest absolute Gasteiger partial charge is 0.494 e. The first kappa shape index (κ1) is 27.2. The summed E-state index contributed by atoms with van der Waals surface area (Å²) in [4.78, 5) is 27.6. The van der Waals surface area contributed by atoms with Crippen molar-refractivity contribution in [2.45, 2.75) is 46.2 Å². The minimum absolute atomic E-state index is 0.183. The lowest BCUT2D eigenvalue weighted by atomic mass is 10.1. The van der Waals surface area contributed by atoms with Crippen molar-refractivity contribution in [1.29, 1.82) is 0 Å². The van der Waals surface area contributed by atoms with Gasteiger partial charge in [0.05, 0.1) is 18.6 Å². The van der Waals surface area contributed by atoms with Crippen molar-refractivity contribution >= 4 is 27.5 Å². The number of anilines is 1. The Morgan fingerprint density at radius 3 is 2.24 bits per heavy atom. The molecule has 0 heterocycles. The number of nitrogens with zero attached hydrogens (tertiary/aromatic N) is 2. The van der Waals surface area contributed by atoms with Crippen molar-refractivity contribution in [3.05, 3.63) is 60.2 Å². The molecule has 9 heteroatoms. The summed E-state index contributed by atoms with van der Waals surface area (Å²) in [5, 5.41) is 2.86. The Morgan fingerprint density at radius 2 is 1.68 bits per heavy atom. The van der Waals surface area contributed by atoms with Crippen molar-refractivity contribution in [2.75, 3.05) is 30.3 Å². The lowest BCUT2D eigenvalue weighted by Gasteiger charge is -2.31. The molecule has 0 saturated heterocycles. The van der Waals surface area contributed by atoms with Gasteiger partial charge in [0.15, 0.2) is 0 Å². The molecule has 0 aliphatic heterocycles. The Bertz CT molecular complexity index is 1030. The maximum atomic E-state index is 13.4. The van der Waals surface area contributed by atoms with Crippen molar-refractivity contribution in [3.63, 3.8) is 0 Å². The fraction of sp³-hybridized carbons (Fsp3) is 0.440. The molecule has 0 aliphatic carbocycles. The highest BCUT2D eigenvalue weighted by atomic mass is 32.2. The van der Waals surface area contributed by atoms with Crippen LogP contribution in [0.15, 0.2) is 54.6 Å². The Kier molecular flexibility index (Phi) is 10.4. The number of hydrogen-bond donors (Lipinski definition) is 1. The smallest absolute Gasteiger partial charge is 0.244 e. The summed E-state index contributed by atoms with van der Waals surface area (Å²) in [6.07, 6.45) is 2.83. The van der Waals surface area contributed by atoms with E-state index in [-0.39, 0.29) is 12.5 Å². The van der Waals surface area contributed by atoms with E-state index >= 15 is 0 Å². The molecule has 34 heavy (non-hydrogen) atoms. The summed E-state index contributed by atoms with van der Waals surface area (Å²) in [6, 6.07) is 15.0. The molecule has 0 spiro atoms. The fourth-order valence-electron chi connectivity index (χ4n) is 3.39. The molecule has 2 aromatic carbocycles. The fourth-order valence-corrected chi connectivity index (χ4v) is 4.24. The maximum Gasteiger partial charge on any atom is 0.244 e. The standard InChI is InChI=1S/C25H35N3O5S/c1-5-7-17-26-25(30)20(3)27(18-21-11-9-8-10-12-21)24(29)19-28(34(4,31)32)22-13-15-23(16-14-22)33-6-2/h8-16,20H,5-7,17-19H2,1-4H3,(H,26,30)/t20-/m0/s1. The van der Waals surface area contributed by atoms with E-state index in [1.54, 1.807) is 31.2 Å². The topological polar surface area (TPSA) is 96.0 Å². The summed E-state index contributed by atoms with van der Waals surface area (Å²) in [7, 11) is -3.76. The van der Waals surface area contributed by atoms with Gasteiger partial charge in [0.2, 0.25) is 21.8 Å². The van der Waals surface area contributed by atoms with E-state index in [1.807, 2.05) is 44.2 Å². The molecule has 0 radical (unpaired) electrons. The van der Waals surface area contributed by atoms with Crippen LogP contribution >= 0.6 is 0 Å². The van der Waals surface area contributed by atoms with E-state index in [0.29, 0.717) is 24.6 Å². The van der Waals surface area contributed by atoms with Crippen molar-refractivity contribution in [1.82, 2.24) is 10.2 Å². The van der Waals surface area contributed by atoms with Crippen LogP contribution in [0.2, 0.25) is 0 Å². The van der Waals surface area contributed by atoms with E-state index in [1.165, 1.54) is 4.90 Å². The monoisotopic (exact) mass is 489 g/mol. The van der Waals surface area contributed by atoms with E-state index in [2.05, 4.69) is 5.32 Å². The maximum absolute atomic E-state index is 13.4. The van der Waals surface area contributed by atoms with Gasteiger partial charge in [-0.25, -0.2) is 8.42 Å². The average Bonchev–Trinajstić information content (AvgIpc) is 2.81. The number of hydrogen-bond acceptors (Lipinski definition) is 5. The first-order valence-corrected chi connectivity index (χ1v) is 13.3. The minimum Gasteiger partial charge on any atom is -0.494 e. The van der Waals surface area contributed by atoms with Gasteiger partial charge in [-0.15, -0.1) is 0 Å². The molecular weight excluding hydrogens is 454 g/mol. The molecule has 0 bridgehead atoms. The quantitative estimate of drug-likeness (QED) is 0.436. The molecule has 2 rings (SSSR count). The molecular formula is C25H35N3O5S. The number of carbonyl (C=O) groups is 2. The SMILES string of the molecule is CCCCNC(=O)[C@H](C)N(Cc1ccccc1)C(=O)CN(c1ccc(OCC)cc1)S(C)(=O)=O. The van der Waals surface area contributed by atoms with Gasteiger partial charge >= 0.3 is 0 Å². The molecule has 2 aromatic rings. The van der Waals surface area contributed by atoms with Crippen molar-refractivity contribution in [3.8, 4) is 5.75 Å². The predicted octanol–water partition coefficient (Wildman–Crippen LogP) is 3.18. The summed E-state index contributed by atoms with van der Waals surface area (Å²) in [5.74, 6) is -0.139. The molecule has 0 aromatic heterocycles. The molecule has 1 atom stereocenters. The van der Waals surface area contributed by atoms with E-state index in [9.17, 15) is 18.0 Å². The molecule has 186 valence electrons. The lowest BCUT2D eigenvalue weighted by molar-refractivity contribution is -0.139. The summed E-state index contributed by atoms with van der Waals surface area (Å²) in [5.41, 5.74) is 1.19. The van der Waals surface area contributed by atoms with Crippen LogP contribution in [0.1, 0.15) is 39.2 Å². The molecule has 0 fully saturated rings. The summed E-state index contributed by atoms with van der Waals surface area (Å²) >= 11 is 0. The zero-order chi connectivity index (χ0) is 25.1. The molecule has 2 amide bonds. The first-order valence-electron chi connectivity index (χ1n) is 11.5. The molecule has 0 aliphatic rings. The third kappa shape index (κ3) is 8.06. The van der Waals surface area contributed by atoms with Gasteiger partial charge < -0.3 is 15.0 Å². The van der Waals surface area contributed by atoms with E-state index in [0.717, 1.165) is 29.0 Å². The van der Waals surface area contributed by atoms with Gasteiger partial charge in [-0.1, -0.05) is 43.7 Å². The van der Waals surface area contributed by atoms with Crippen LogP contribution in [0.4, 0.5) is 5.69 Å². The number of rotatable bonds is 13. The van der Waals surface area contributed by atoms with Crippen molar-refractivity contribution < 1.29 is 22.7 Å².